The van der Waals surface area contributed by atoms with Crippen LogP contribution in [0.4, 0.5) is 18.9 Å². The molecule has 2 aromatic rings. The second-order valence-electron chi connectivity index (χ2n) is 8.61. The van der Waals surface area contributed by atoms with Crippen molar-refractivity contribution in [2.75, 3.05) is 45.4 Å². The van der Waals surface area contributed by atoms with Crippen molar-refractivity contribution in [3.05, 3.63) is 57.3 Å². The number of alkyl halides is 3. The van der Waals surface area contributed by atoms with Crippen LogP contribution in [0.15, 0.2) is 40.7 Å². The number of ether oxygens (including phenoxy) is 3. The zero-order chi connectivity index (χ0) is 24.5. The number of benzene rings is 1. The van der Waals surface area contributed by atoms with Gasteiger partial charge in [0.1, 0.15) is 12.7 Å². The maximum atomic E-state index is 13.0. The predicted octanol–water partition coefficient (Wildman–Crippen LogP) is 4.12. The van der Waals surface area contributed by atoms with E-state index in [1.54, 1.807) is 21.1 Å². The summed E-state index contributed by atoms with van der Waals surface area (Å²) in [4.78, 5) is 14.7. The number of aryl methyl sites for hydroxylation is 1. The molecule has 3 heterocycles. The number of pyridine rings is 1. The van der Waals surface area contributed by atoms with Crippen molar-refractivity contribution in [1.82, 2.24) is 4.57 Å². The highest BCUT2D eigenvalue weighted by Crippen LogP contribution is 2.37. The Hall–Kier alpha value is -2.78. The molecule has 0 unspecified atom stereocenters. The fourth-order valence-electron chi connectivity index (χ4n) is 4.57. The Morgan fingerprint density at radius 1 is 1.09 bits per heavy atom. The summed E-state index contributed by atoms with van der Waals surface area (Å²) < 4.78 is 57.3. The van der Waals surface area contributed by atoms with Gasteiger partial charge in [0.05, 0.1) is 12.3 Å². The Balaban J connectivity index is 1.62. The summed E-state index contributed by atoms with van der Waals surface area (Å²) in [6, 6.07) is 7.41. The van der Waals surface area contributed by atoms with Gasteiger partial charge in [0.25, 0.3) is 0 Å². The smallest absolute Gasteiger partial charge is 0.412 e. The quantitative estimate of drug-likeness (QED) is 0.561. The minimum absolute atomic E-state index is 0.0237. The van der Waals surface area contributed by atoms with Crippen LogP contribution in [-0.2, 0) is 22.4 Å². The lowest BCUT2D eigenvalue weighted by molar-refractivity contribution is -0.0944. The van der Waals surface area contributed by atoms with Crippen molar-refractivity contribution in [3.8, 4) is 17.1 Å². The molecule has 0 aliphatic carbocycles. The molecule has 2 aliphatic rings. The van der Waals surface area contributed by atoms with Crippen molar-refractivity contribution in [2.45, 2.75) is 38.6 Å². The van der Waals surface area contributed by atoms with Gasteiger partial charge in [0, 0.05) is 62.3 Å². The molecule has 0 amide bonds. The number of nitrogens with zero attached hydrogens (tertiary/aromatic N) is 2. The van der Waals surface area contributed by atoms with Gasteiger partial charge in [-0.3, -0.25) is 4.79 Å². The molecule has 1 aromatic heterocycles. The Morgan fingerprint density at radius 3 is 2.53 bits per heavy atom. The zero-order valence-electron chi connectivity index (χ0n) is 19.6. The van der Waals surface area contributed by atoms with Gasteiger partial charge in [-0.05, 0) is 37.5 Å². The van der Waals surface area contributed by atoms with E-state index in [0.29, 0.717) is 31.1 Å². The molecule has 0 fully saturated rings. The fraction of sp³-hybridized carbons (Fsp3) is 0.480. The molecule has 184 valence electrons. The molecule has 9 heteroatoms. The predicted molar refractivity (Wildman–Crippen MR) is 124 cm³/mol. The lowest BCUT2D eigenvalue weighted by Gasteiger charge is -2.31. The molecular weight excluding hydrogens is 449 g/mol. The third-order valence-electron chi connectivity index (χ3n) is 6.51. The van der Waals surface area contributed by atoms with Crippen LogP contribution >= 0.6 is 0 Å². The Bertz CT molecular complexity index is 1140. The molecule has 1 aromatic carbocycles. The van der Waals surface area contributed by atoms with E-state index in [-0.39, 0.29) is 31.1 Å². The van der Waals surface area contributed by atoms with Crippen molar-refractivity contribution in [1.29, 1.82) is 0 Å². The van der Waals surface area contributed by atoms with Crippen LogP contribution in [0.25, 0.3) is 11.3 Å². The van der Waals surface area contributed by atoms with Crippen LogP contribution < -0.4 is 15.1 Å². The highest BCUT2D eigenvalue weighted by molar-refractivity contribution is 5.72. The summed E-state index contributed by atoms with van der Waals surface area (Å²) in [6.07, 6.45) is -2.55. The largest absolute Gasteiger partial charge is 0.476 e. The first-order valence-corrected chi connectivity index (χ1v) is 11.3. The van der Waals surface area contributed by atoms with Crippen LogP contribution in [0.1, 0.15) is 17.5 Å². The monoisotopic (exact) mass is 478 g/mol. The maximum absolute atomic E-state index is 13.0. The molecule has 6 nitrogen and oxygen atoms in total. The molecule has 0 N–H and O–H groups in total. The van der Waals surface area contributed by atoms with E-state index in [1.807, 2.05) is 27.7 Å². The number of aromatic nitrogens is 1. The van der Waals surface area contributed by atoms with Crippen LogP contribution in [-0.4, -0.2) is 57.4 Å². The molecule has 0 saturated heterocycles. The molecule has 4 rings (SSSR count). The molecule has 1 atom stereocenters. The first-order valence-electron chi connectivity index (χ1n) is 11.3. The third-order valence-corrected chi connectivity index (χ3v) is 6.51. The lowest BCUT2D eigenvalue weighted by Crippen LogP contribution is -2.32. The number of fused-ring (bicyclic) bond motifs is 3. The summed E-state index contributed by atoms with van der Waals surface area (Å²) in [7, 11) is 3.17. The standard InChI is InChI=1S/C25H29F3N2O4/c1-16-22(31)13-23(34-15-20(33-3)14-32-2)30-11-6-17-12-19(4-5-21(17)24(16)30)29-9-7-18(8-10-29)25(26,27)28/h4-5,7,12-13,20H,6,8-11,14-15H2,1-3H3/t20-/m0/s1. The molecule has 0 radical (unpaired) electrons. The van der Waals surface area contributed by atoms with Gasteiger partial charge in [0.15, 0.2) is 11.3 Å². The van der Waals surface area contributed by atoms with E-state index in [1.165, 1.54) is 12.1 Å². The molecule has 34 heavy (non-hydrogen) atoms. The molecule has 2 aliphatic heterocycles. The number of halogens is 3. The summed E-state index contributed by atoms with van der Waals surface area (Å²) >= 11 is 0. The van der Waals surface area contributed by atoms with Crippen LogP contribution in [0.5, 0.6) is 5.88 Å². The zero-order valence-corrected chi connectivity index (χ0v) is 19.6. The van der Waals surface area contributed by atoms with Gasteiger partial charge in [0.2, 0.25) is 0 Å². The van der Waals surface area contributed by atoms with Crippen molar-refractivity contribution < 1.29 is 27.4 Å². The first kappa shape index (κ1) is 24.3. The van der Waals surface area contributed by atoms with E-state index in [2.05, 4.69) is 0 Å². The summed E-state index contributed by atoms with van der Waals surface area (Å²) in [5, 5.41) is 0. The second kappa shape index (κ2) is 9.84. The average Bonchev–Trinajstić information content (AvgIpc) is 2.83. The van der Waals surface area contributed by atoms with Gasteiger partial charge >= 0.3 is 6.18 Å². The van der Waals surface area contributed by atoms with Gasteiger partial charge in [-0.25, -0.2) is 0 Å². The highest BCUT2D eigenvalue weighted by Gasteiger charge is 2.35. The van der Waals surface area contributed by atoms with E-state index in [9.17, 15) is 18.0 Å². The summed E-state index contributed by atoms with van der Waals surface area (Å²) in [5.74, 6) is 0.485. The molecule has 0 saturated carbocycles. The number of hydrogen-bond acceptors (Lipinski definition) is 5. The normalized spacial score (nSPS) is 16.5. The fourth-order valence-corrected chi connectivity index (χ4v) is 4.57. The summed E-state index contributed by atoms with van der Waals surface area (Å²) in [6.45, 7) is 3.60. The Kier molecular flexibility index (Phi) is 7.04. The molecular formula is C25H29F3N2O4. The minimum atomic E-state index is -4.26. The highest BCUT2D eigenvalue weighted by atomic mass is 19.4. The SMILES string of the molecule is COC[C@@H](COc1cc(=O)c(C)c2n1CCc1cc(N3CC=C(C(F)(F)F)CC3)ccc1-2)OC. The van der Waals surface area contributed by atoms with Crippen LogP contribution in [0.2, 0.25) is 0 Å². The lowest BCUT2D eigenvalue weighted by atomic mass is 9.93. The number of hydrogen-bond donors (Lipinski definition) is 0. The van der Waals surface area contributed by atoms with Crippen LogP contribution in [0.3, 0.4) is 0 Å². The Morgan fingerprint density at radius 2 is 1.88 bits per heavy atom. The van der Waals surface area contributed by atoms with Gasteiger partial charge in [-0.15, -0.1) is 0 Å². The average molecular weight is 479 g/mol. The maximum Gasteiger partial charge on any atom is 0.412 e. The van der Waals surface area contributed by atoms with Crippen LogP contribution in [0, 0.1) is 6.92 Å². The van der Waals surface area contributed by atoms with Crippen molar-refractivity contribution in [2.24, 2.45) is 0 Å². The van der Waals surface area contributed by atoms with Crippen molar-refractivity contribution >= 4 is 5.69 Å². The number of rotatable bonds is 7. The third kappa shape index (κ3) is 4.86. The van der Waals surface area contributed by atoms with Gasteiger partial charge in [-0.1, -0.05) is 12.1 Å². The summed E-state index contributed by atoms with van der Waals surface area (Å²) in [5.41, 5.74) is 3.78. The Labute approximate surface area is 196 Å². The number of anilines is 1. The van der Waals surface area contributed by atoms with E-state index in [0.717, 1.165) is 28.9 Å². The van der Waals surface area contributed by atoms with Gasteiger partial charge < -0.3 is 23.7 Å². The molecule has 0 bridgehead atoms. The van der Waals surface area contributed by atoms with E-state index >= 15 is 0 Å². The van der Waals surface area contributed by atoms with Gasteiger partial charge in [-0.2, -0.15) is 13.2 Å². The minimum Gasteiger partial charge on any atom is -0.476 e. The van der Waals surface area contributed by atoms with Crippen molar-refractivity contribution in [3.63, 3.8) is 0 Å². The number of methoxy groups -OCH3 is 2. The first-order chi connectivity index (χ1) is 16.2. The topological polar surface area (TPSA) is 52.9 Å². The van der Waals surface area contributed by atoms with E-state index in [4.69, 9.17) is 14.2 Å². The molecule has 0 spiro atoms. The van der Waals surface area contributed by atoms with E-state index < -0.39 is 11.7 Å². The second-order valence-corrected chi connectivity index (χ2v) is 8.61.